The van der Waals surface area contributed by atoms with Crippen molar-refractivity contribution in [3.05, 3.63) is 48.0 Å². The molecule has 9 heteroatoms. The standard InChI is InChI=1S/C24H22N4O5/c1-14-17-12-16(2-4-19(17)28-24(14)32-22(29)6-7-23(30)33-28)18-3-5-21(26-25-18)31-20-13-27-10-8-15(20)9-11-27/h2-7,12,15,20H,8-11,13H2,1H3/b7-6+/t20-/m0/s1. The van der Waals surface area contributed by atoms with E-state index in [4.69, 9.17) is 14.3 Å². The lowest BCUT2D eigenvalue weighted by Gasteiger charge is -2.44. The van der Waals surface area contributed by atoms with Crippen LogP contribution in [-0.4, -0.2) is 57.5 Å². The van der Waals surface area contributed by atoms with Gasteiger partial charge in [0.25, 0.3) is 0 Å². The second-order valence-electron chi connectivity index (χ2n) is 8.67. The van der Waals surface area contributed by atoms with Crippen LogP contribution in [0.3, 0.4) is 0 Å². The van der Waals surface area contributed by atoms with Crippen LogP contribution in [0.25, 0.3) is 22.2 Å². The number of carbonyl (C=O) groups excluding carboxylic acids is 2. The van der Waals surface area contributed by atoms with E-state index < -0.39 is 11.9 Å². The maximum Gasteiger partial charge on any atom is 0.356 e. The average molecular weight is 446 g/mol. The van der Waals surface area contributed by atoms with Crippen molar-refractivity contribution in [3.8, 4) is 23.0 Å². The Balaban J connectivity index is 1.28. The lowest BCUT2D eigenvalue weighted by atomic mass is 9.86. The lowest BCUT2D eigenvalue weighted by molar-refractivity contribution is -0.142. The molecule has 7 rings (SSSR count). The van der Waals surface area contributed by atoms with E-state index in [-0.39, 0.29) is 12.0 Å². The first-order valence-electron chi connectivity index (χ1n) is 11.1. The summed E-state index contributed by atoms with van der Waals surface area (Å²) in [7, 11) is 0. The summed E-state index contributed by atoms with van der Waals surface area (Å²) in [5.41, 5.74) is 2.81. The maximum absolute atomic E-state index is 11.9. The Labute approximate surface area is 189 Å². The molecule has 33 heavy (non-hydrogen) atoms. The molecule has 9 nitrogen and oxygen atoms in total. The molecule has 4 aliphatic rings. The normalized spacial score (nSPS) is 25.1. The Bertz CT molecular complexity index is 1290. The SMILES string of the molecule is Cc1c2n(c3ccc(-c4ccc(O[C@H]5CN6CCC5CC6)nn4)cc13)OC(=O)/C=C/C(=O)O2. The molecule has 1 aromatic carbocycles. The van der Waals surface area contributed by atoms with E-state index in [0.29, 0.717) is 28.6 Å². The van der Waals surface area contributed by atoms with Gasteiger partial charge in [-0.3, -0.25) is 4.90 Å². The predicted molar refractivity (Wildman–Crippen MR) is 118 cm³/mol. The topological polar surface area (TPSA) is 95.8 Å². The van der Waals surface area contributed by atoms with Crippen LogP contribution in [0.2, 0.25) is 0 Å². The van der Waals surface area contributed by atoms with Gasteiger partial charge in [0.15, 0.2) is 0 Å². The number of nitrogens with zero attached hydrogens (tertiary/aromatic N) is 4. The minimum Gasteiger partial charge on any atom is -0.472 e. The first kappa shape index (κ1) is 19.9. The molecule has 1 atom stereocenters. The number of hydrogen-bond acceptors (Lipinski definition) is 8. The average Bonchev–Trinajstić information content (AvgIpc) is 3.08. The van der Waals surface area contributed by atoms with Crippen molar-refractivity contribution in [2.45, 2.75) is 25.9 Å². The Morgan fingerprint density at radius 2 is 1.85 bits per heavy atom. The highest BCUT2D eigenvalue weighted by Gasteiger charge is 2.35. The molecule has 4 aliphatic heterocycles. The molecule has 3 fully saturated rings. The van der Waals surface area contributed by atoms with Gasteiger partial charge in [-0.05, 0) is 57.0 Å². The molecule has 0 spiro atoms. The molecular formula is C24H22N4O5. The number of piperidine rings is 3. The molecule has 168 valence electrons. The van der Waals surface area contributed by atoms with Crippen LogP contribution in [0.4, 0.5) is 0 Å². The van der Waals surface area contributed by atoms with Crippen molar-refractivity contribution in [1.29, 1.82) is 0 Å². The summed E-state index contributed by atoms with van der Waals surface area (Å²) in [4.78, 5) is 31.6. The van der Waals surface area contributed by atoms with Crippen LogP contribution >= 0.6 is 0 Å². The summed E-state index contributed by atoms with van der Waals surface area (Å²) in [5, 5.41) is 9.45. The predicted octanol–water partition coefficient (Wildman–Crippen LogP) is 2.31. The molecule has 0 N–H and O–H groups in total. The van der Waals surface area contributed by atoms with Crippen LogP contribution in [-0.2, 0) is 9.59 Å². The van der Waals surface area contributed by atoms with Crippen LogP contribution in [0.15, 0.2) is 42.5 Å². The molecule has 0 amide bonds. The number of carbonyl (C=O) groups is 2. The highest BCUT2D eigenvalue weighted by Crippen LogP contribution is 2.34. The highest BCUT2D eigenvalue weighted by atomic mass is 16.7. The summed E-state index contributed by atoms with van der Waals surface area (Å²) in [6, 6.07) is 9.31. The van der Waals surface area contributed by atoms with Gasteiger partial charge in [-0.25, -0.2) is 9.59 Å². The van der Waals surface area contributed by atoms with Crippen LogP contribution in [0.1, 0.15) is 18.4 Å². The second-order valence-corrected chi connectivity index (χ2v) is 8.67. The van der Waals surface area contributed by atoms with E-state index in [9.17, 15) is 9.59 Å². The summed E-state index contributed by atoms with van der Waals surface area (Å²) < 4.78 is 12.8. The summed E-state index contributed by atoms with van der Waals surface area (Å²) >= 11 is 0. The maximum atomic E-state index is 11.9. The van der Waals surface area contributed by atoms with Crippen LogP contribution < -0.4 is 14.3 Å². The largest absolute Gasteiger partial charge is 0.472 e. The molecule has 0 saturated carbocycles. The van der Waals surface area contributed by atoms with E-state index in [1.165, 1.54) is 17.6 Å². The smallest absolute Gasteiger partial charge is 0.356 e. The quantitative estimate of drug-likeness (QED) is 0.566. The first-order chi connectivity index (χ1) is 16.0. The van der Waals surface area contributed by atoms with Gasteiger partial charge in [0, 0.05) is 41.3 Å². The van der Waals surface area contributed by atoms with E-state index in [2.05, 4.69) is 15.1 Å². The van der Waals surface area contributed by atoms with Gasteiger partial charge in [0.2, 0.25) is 11.8 Å². The number of ether oxygens (including phenoxy) is 2. The van der Waals surface area contributed by atoms with Crippen molar-refractivity contribution < 1.29 is 23.9 Å². The Morgan fingerprint density at radius 3 is 2.58 bits per heavy atom. The molecular weight excluding hydrogens is 424 g/mol. The van der Waals surface area contributed by atoms with E-state index in [0.717, 1.165) is 42.7 Å². The number of aryl methyl sites for hydroxylation is 1. The van der Waals surface area contributed by atoms with E-state index in [1.54, 1.807) is 13.0 Å². The Morgan fingerprint density at radius 1 is 1.03 bits per heavy atom. The third-order valence-electron chi connectivity index (χ3n) is 6.66. The zero-order valence-electron chi connectivity index (χ0n) is 18.1. The van der Waals surface area contributed by atoms with Gasteiger partial charge in [-0.15, -0.1) is 14.9 Å². The molecule has 0 radical (unpaired) electrons. The molecule has 2 aromatic heterocycles. The summed E-state index contributed by atoms with van der Waals surface area (Å²) in [5.74, 6) is 0.0152. The second kappa shape index (κ2) is 7.70. The van der Waals surface area contributed by atoms with Crippen molar-refractivity contribution in [1.82, 2.24) is 19.8 Å². The van der Waals surface area contributed by atoms with Gasteiger partial charge in [-0.2, -0.15) is 0 Å². The highest BCUT2D eigenvalue weighted by molar-refractivity contribution is 5.96. The molecule has 0 unspecified atom stereocenters. The molecule has 2 bridgehead atoms. The number of rotatable bonds is 3. The summed E-state index contributed by atoms with van der Waals surface area (Å²) in [6.45, 7) is 5.08. The van der Waals surface area contributed by atoms with Crippen LogP contribution in [0.5, 0.6) is 11.8 Å². The Kier molecular flexibility index (Phi) is 4.65. The fourth-order valence-corrected chi connectivity index (χ4v) is 4.88. The molecule has 0 aliphatic carbocycles. The summed E-state index contributed by atoms with van der Waals surface area (Å²) in [6.07, 6.45) is 4.61. The molecule has 3 aromatic rings. The number of esters is 1. The van der Waals surface area contributed by atoms with E-state index in [1.807, 2.05) is 24.3 Å². The van der Waals surface area contributed by atoms with Gasteiger partial charge in [-0.1, -0.05) is 6.07 Å². The van der Waals surface area contributed by atoms with Crippen molar-refractivity contribution in [2.75, 3.05) is 19.6 Å². The fraction of sp³-hybridized carbons (Fsp3) is 0.333. The fourth-order valence-electron chi connectivity index (χ4n) is 4.88. The molecule has 3 saturated heterocycles. The first-order valence-corrected chi connectivity index (χ1v) is 11.1. The van der Waals surface area contributed by atoms with Crippen molar-refractivity contribution >= 4 is 22.8 Å². The number of aromatic nitrogens is 3. The van der Waals surface area contributed by atoms with Gasteiger partial charge in [0.1, 0.15) is 6.10 Å². The Hall–Kier alpha value is -3.72. The molecule has 6 heterocycles. The third-order valence-corrected chi connectivity index (χ3v) is 6.66. The zero-order valence-corrected chi connectivity index (χ0v) is 18.1. The monoisotopic (exact) mass is 446 g/mol. The van der Waals surface area contributed by atoms with Crippen molar-refractivity contribution in [3.63, 3.8) is 0 Å². The number of fused-ring (bicyclic) bond motifs is 6. The third kappa shape index (κ3) is 3.54. The zero-order chi connectivity index (χ0) is 22.5. The minimum atomic E-state index is -0.654. The van der Waals surface area contributed by atoms with E-state index >= 15 is 0 Å². The van der Waals surface area contributed by atoms with Crippen LogP contribution in [0, 0.1) is 12.8 Å². The number of hydrogen-bond donors (Lipinski definition) is 0. The van der Waals surface area contributed by atoms with Gasteiger partial charge < -0.3 is 14.3 Å². The lowest BCUT2D eigenvalue weighted by Crippen LogP contribution is -2.52. The van der Waals surface area contributed by atoms with Gasteiger partial charge >= 0.3 is 11.9 Å². The number of benzene rings is 1. The van der Waals surface area contributed by atoms with Gasteiger partial charge in [0.05, 0.1) is 11.2 Å². The van der Waals surface area contributed by atoms with Crippen molar-refractivity contribution in [2.24, 2.45) is 5.92 Å². The minimum absolute atomic E-state index is 0.174.